The fourth-order valence-electron chi connectivity index (χ4n) is 2.73. The Hall–Kier alpha value is -0.0800. The van der Waals surface area contributed by atoms with E-state index in [9.17, 15) is 5.11 Å². The van der Waals surface area contributed by atoms with Gasteiger partial charge in [-0.2, -0.15) is 0 Å². The average Bonchev–Trinajstić information content (AvgIpc) is 2.99. The molecule has 2 aliphatic carbocycles. The Kier molecular flexibility index (Phi) is 2.61. The summed E-state index contributed by atoms with van der Waals surface area (Å²) in [5.74, 6) is 0.555. The molecule has 0 aromatic carbocycles. The van der Waals surface area contributed by atoms with Gasteiger partial charge in [-0.1, -0.05) is 19.3 Å². The molecule has 2 nitrogen and oxygen atoms in total. The predicted octanol–water partition coefficient (Wildman–Crippen LogP) is 1.67. The summed E-state index contributed by atoms with van der Waals surface area (Å²) in [5.41, 5.74) is 5.86. The highest BCUT2D eigenvalue weighted by Crippen LogP contribution is 2.51. The van der Waals surface area contributed by atoms with Crippen LogP contribution in [0.3, 0.4) is 0 Å². The molecular formula is C11H21NO. The monoisotopic (exact) mass is 183 g/mol. The largest absolute Gasteiger partial charge is 0.392 e. The molecule has 0 saturated heterocycles. The third-order valence-electron chi connectivity index (χ3n) is 4.02. The van der Waals surface area contributed by atoms with Gasteiger partial charge >= 0.3 is 0 Å². The van der Waals surface area contributed by atoms with E-state index in [1.807, 2.05) is 0 Å². The minimum atomic E-state index is -0.0993. The van der Waals surface area contributed by atoms with E-state index in [2.05, 4.69) is 0 Å². The van der Waals surface area contributed by atoms with Crippen molar-refractivity contribution in [2.45, 2.75) is 51.0 Å². The van der Waals surface area contributed by atoms with Gasteiger partial charge in [0.1, 0.15) is 0 Å². The lowest BCUT2D eigenvalue weighted by molar-refractivity contribution is 0.0244. The second-order valence-electron chi connectivity index (χ2n) is 4.91. The van der Waals surface area contributed by atoms with Crippen molar-refractivity contribution in [1.29, 1.82) is 0 Å². The van der Waals surface area contributed by atoms with Crippen molar-refractivity contribution in [2.24, 2.45) is 17.1 Å². The fourth-order valence-corrected chi connectivity index (χ4v) is 2.73. The number of hydrogen-bond donors (Lipinski definition) is 2. The molecule has 0 heterocycles. The van der Waals surface area contributed by atoms with E-state index in [0.717, 1.165) is 12.8 Å². The highest BCUT2D eigenvalue weighted by Gasteiger charge is 2.50. The van der Waals surface area contributed by atoms with E-state index >= 15 is 0 Å². The maximum atomic E-state index is 10.2. The van der Waals surface area contributed by atoms with Crippen LogP contribution in [0.25, 0.3) is 0 Å². The Morgan fingerprint density at radius 1 is 1.23 bits per heavy atom. The first-order valence-electron chi connectivity index (χ1n) is 5.67. The van der Waals surface area contributed by atoms with Crippen molar-refractivity contribution in [2.75, 3.05) is 6.54 Å². The van der Waals surface area contributed by atoms with Gasteiger partial charge in [0, 0.05) is 12.0 Å². The third-order valence-corrected chi connectivity index (χ3v) is 4.02. The Balaban J connectivity index is 1.91. The predicted molar refractivity (Wildman–Crippen MR) is 53.3 cm³/mol. The van der Waals surface area contributed by atoms with Gasteiger partial charge in [0.25, 0.3) is 0 Å². The summed E-state index contributed by atoms with van der Waals surface area (Å²) in [6.45, 7) is 0.685. The zero-order valence-corrected chi connectivity index (χ0v) is 8.34. The lowest BCUT2D eigenvalue weighted by Crippen LogP contribution is -2.36. The molecule has 2 rings (SSSR count). The molecule has 0 unspecified atom stereocenters. The SMILES string of the molecule is NCC1([C@H](O)C2CCCCC2)CC1. The zero-order valence-electron chi connectivity index (χ0n) is 8.34. The van der Waals surface area contributed by atoms with Gasteiger partial charge in [-0.15, -0.1) is 0 Å². The maximum absolute atomic E-state index is 10.2. The summed E-state index contributed by atoms with van der Waals surface area (Å²) >= 11 is 0. The van der Waals surface area contributed by atoms with Gasteiger partial charge in [-0.3, -0.25) is 0 Å². The first-order valence-corrected chi connectivity index (χ1v) is 5.67. The maximum Gasteiger partial charge on any atom is 0.0636 e. The van der Waals surface area contributed by atoms with Crippen LogP contribution >= 0.6 is 0 Å². The van der Waals surface area contributed by atoms with Crippen molar-refractivity contribution in [3.8, 4) is 0 Å². The second kappa shape index (κ2) is 3.58. The number of aliphatic hydroxyl groups is 1. The quantitative estimate of drug-likeness (QED) is 0.699. The highest BCUT2D eigenvalue weighted by atomic mass is 16.3. The minimum absolute atomic E-state index is 0.0993. The summed E-state index contributed by atoms with van der Waals surface area (Å²) in [5, 5.41) is 10.2. The molecule has 1 atom stereocenters. The summed E-state index contributed by atoms with van der Waals surface area (Å²) in [7, 11) is 0. The molecule has 0 aromatic rings. The molecule has 2 saturated carbocycles. The number of aliphatic hydroxyl groups excluding tert-OH is 1. The standard InChI is InChI=1S/C11H21NO/c12-8-11(6-7-11)10(13)9-4-2-1-3-5-9/h9-10,13H,1-8,12H2/t10-/m1/s1. The molecule has 0 spiro atoms. The first-order chi connectivity index (χ1) is 6.28. The van der Waals surface area contributed by atoms with Crippen molar-refractivity contribution < 1.29 is 5.11 Å². The summed E-state index contributed by atoms with van der Waals surface area (Å²) < 4.78 is 0. The minimum Gasteiger partial charge on any atom is -0.392 e. The topological polar surface area (TPSA) is 46.2 Å². The van der Waals surface area contributed by atoms with Gasteiger partial charge in [0.05, 0.1) is 6.10 Å². The van der Waals surface area contributed by atoms with Crippen LogP contribution in [-0.2, 0) is 0 Å². The van der Waals surface area contributed by atoms with E-state index < -0.39 is 0 Å². The van der Waals surface area contributed by atoms with Crippen molar-refractivity contribution in [3.05, 3.63) is 0 Å². The van der Waals surface area contributed by atoms with E-state index in [1.54, 1.807) is 0 Å². The molecule has 2 aliphatic rings. The molecule has 2 fully saturated rings. The van der Waals surface area contributed by atoms with Crippen LogP contribution < -0.4 is 5.73 Å². The van der Waals surface area contributed by atoms with Gasteiger partial charge < -0.3 is 10.8 Å². The van der Waals surface area contributed by atoms with Crippen LogP contribution in [-0.4, -0.2) is 17.8 Å². The lowest BCUT2D eigenvalue weighted by Gasteiger charge is -2.31. The Bertz CT molecular complexity index is 171. The fraction of sp³-hybridized carbons (Fsp3) is 1.00. The van der Waals surface area contributed by atoms with E-state index in [0.29, 0.717) is 12.5 Å². The van der Waals surface area contributed by atoms with Crippen LogP contribution in [0.15, 0.2) is 0 Å². The molecule has 76 valence electrons. The normalized spacial score (nSPS) is 30.0. The van der Waals surface area contributed by atoms with Crippen molar-refractivity contribution in [3.63, 3.8) is 0 Å². The number of nitrogens with two attached hydrogens (primary N) is 1. The molecule has 3 N–H and O–H groups in total. The van der Waals surface area contributed by atoms with Gasteiger partial charge in [-0.25, -0.2) is 0 Å². The van der Waals surface area contributed by atoms with Crippen LogP contribution in [0.4, 0.5) is 0 Å². The lowest BCUT2D eigenvalue weighted by atomic mass is 9.79. The van der Waals surface area contributed by atoms with Gasteiger partial charge in [-0.05, 0) is 31.6 Å². The molecule has 0 radical (unpaired) electrons. The van der Waals surface area contributed by atoms with Crippen molar-refractivity contribution >= 4 is 0 Å². The zero-order chi connectivity index (χ0) is 9.31. The molecule has 0 aliphatic heterocycles. The Morgan fingerprint density at radius 3 is 2.31 bits per heavy atom. The van der Waals surface area contributed by atoms with E-state index in [-0.39, 0.29) is 11.5 Å². The molecule has 13 heavy (non-hydrogen) atoms. The number of rotatable bonds is 3. The molecule has 0 aromatic heterocycles. The van der Waals surface area contributed by atoms with Gasteiger partial charge in [0.2, 0.25) is 0 Å². The summed E-state index contributed by atoms with van der Waals surface area (Å²) in [6.07, 6.45) is 8.63. The van der Waals surface area contributed by atoms with Crippen LogP contribution in [0.2, 0.25) is 0 Å². The van der Waals surface area contributed by atoms with Crippen molar-refractivity contribution in [1.82, 2.24) is 0 Å². The molecule has 0 amide bonds. The number of hydrogen-bond acceptors (Lipinski definition) is 2. The average molecular weight is 183 g/mol. The van der Waals surface area contributed by atoms with Gasteiger partial charge in [0.15, 0.2) is 0 Å². The highest BCUT2D eigenvalue weighted by molar-refractivity contribution is 5.01. The Labute approximate surface area is 80.5 Å². The van der Waals surface area contributed by atoms with E-state index in [4.69, 9.17) is 5.73 Å². The van der Waals surface area contributed by atoms with Crippen LogP contribution in [0, 0.1) is 11.3 Å². The Morgan fingerprint density at radius 2 is 1.85 bits per heavy atom. The molecular weight excluding hydrogens is 162 g/mol. The van der Waals surface area contributed by atoms with Crippen LogP contribution in [0.5, 0.6) is 0 Å². The first kappa shape index (κ1) is 9.47. The van der Waals surface area contributed by atoms with E-state index in [1.165, 1.54) is 32.1 Å². The molecule has 2 heteroatoms. The smallest absolute Gasteiger partial charge is 0.0636 e. The third kappa shape index (κ3) is 1.75. The summed E-state index contributed by atoms with van der Waals surface area (Å²) in [4.78, 5) is 0. The molecule has 0 bridgehead atoms. The summed E-state index contributed by atoms with van der Waals surface area (Å²) in [6, 6.07) is 0. The van der Waals surface area contributed by atoms with Crippen LogP contribution in [0.1, 0.15) is 44.9 Å². The second-order valence-corrected chi connectivity index (χ2v) is 4.91.